The lowest BCUT2D eigenvalue weighted by atomic mass is 10.1. The van der Waals surface area contributed by atoms with Gasteiger partial charge in [-0.15, -0.1) is 0 Å². The van der Waals surface area contributed by atoms with Gasteiger partial charge in [-0.1, -0.05) is 53.5 Å². The molecule has 0 fully saturated rings. The van der Waals surface area contributed by atoms with Crippen LogP contribution in [-0.2, 0) is 0 Å². The van der Waals surface area contributed by atoms with E-state index in [1.165, 1.54) is 12.1 Å². The highest BCUT2D eigenvalue weighted by molar-refractivity contribution is 6.35. The smallest absolute Gasteiger partial charge is 0.258 e. The summed E-state index contributed by atoms with van der Waals surface area (Å²) in [5.74, 6) is -0.189. The highest BCUT2D eigenvalue weighted by Gasteiger charge is 2.16. The minimum Gasteiger partial charge on any atom is -0.359 e. The maximum atomic E-state index is 12.6. The molecule has 0 radical (unpaired) electrons. The molecule has 0 unspecified atom stereocenters. The third kappa shape index (κ3) is 5.10. The van der Waals surface area contributed by atoms with Crippen LogP contribution in [-0.4, -0.2) is 29.7 Å². The first-order valence-corrected chi connectivity index (χ1v) is 9.04. The topological polar surface area (TPSA) is 49.4 Å². The van der Waals surface area contributed by atoms with Crippen LogP contribution < -0.4 is 5.32 Å². The SMILES string of the molecule is CCN(CC)/C(=C/C(=O)c1ccccc1)NC(=O)c1cc(Cl)ccc1Cl. The number of hydrogen-bond donors (Lipinski definition) is 1. The second kappa shape index (κ2) is 9.41. The molecule has 0 saturated carbocycles. The van der Waals surface area contributed by atoms with E-state index in [4.69, 9.17) is 23.2 Å². The summed E-state index contributed by atoms with van der Waals surface area (Å²) in [6, 6.07) is 13.6. The molecule has 0 atom stereocenters. The molecule has 0 aromatic heterocycles. The van der Waals surface area contributed by atoms with E-state index in [9.17, 15) is 9.59 Å². The molecular formula is C20H20Cl2N2O2. The Hall–Kier alpha value is -2.30. The van der Waals surface area contributed by atoms with E-state index in [2.05, 4.69) is 5.32 Å². The fraction of sp³-hybridized carbons (Fsp3) is 0.200. The summed E-state index contributed by atoms with van der Waals surface area (Å²) >= 11 is 12.1. The molecule has 136 valence electrons. The first kappa shape index (κ1) is 20.0. The van der Waals surface area contributed by atoms with Crippen LogP contribution in [0.5, 0.6) is 0 Å². The van der Waals surface area contributed by atoms with Gasteiger partial charge in [-0.2, -0.15) is 0 Å². The second-order valence-corrected chi connectivity index (χ2v) is 6.35. The minimum absolute atomic E-state index is 0.190. The average Bonchev–Trinajstić information content (AvgIpc) is 2.65. The highest BCUT2D eigenvalue weighted by atomic mass is 35.5. The molecule has 0 heterocycles. The molecule has 2 aromatic rings. The summed E-state index contributed by atoms with van der Waals surface area (Å²) in [6.07, 6.45) is 1.43. The zero-order chi connectivity index (χ0) is 19.1. The molecule has 0 saturated heterocycles. The summed E-state index contributed by atoms with van der Waals surface area (Å²) < 4.78 is 0. The summed E-state index contributed by atoms with van der Waals surface area (Å²) in [4.78, 5) is 27.1. The molecule has 0 bridgehead atoms. The molecule has 0 aliphatic heterocycles. The lowest BCUT2D eigenvalue weighted by Gasteiger charge is -2.25. The Bertz CT molecular complexity index is 816. The van der Waals surface area contributed by atoms with Gasteiger partial charge in [-0.05, 0) is 32.0 Å². The second-order valence-electron chi connectivity index (χ2n) is 5.51. The van der Waals surface area contributed by atoms with Crippen LogP contribution in [0.3, 0.4) is 0 Å². The fourth-order valence-corrected chi connectivity index (χ4v) is 2.81. The molecule has 2 rings (SSSR count). The number of hydrogen-bond acceptors (Lipinski definition) is 3. The van der Waals surface area contributed by atoms with Gasteiger partial charge in [0.05, 0.1) is 10.6 Å². The fourth-order valence-electron chi connectivity index (χ4n) is 2.44. The highest BCUT2D eigenvalue weighted by Crippen LogP contribution is 2.21. The predicted molar refractivity (Wildman–Crippen MR) is 106 cm³/mol. The zero-order valence-corrected chi connectivity index (χ0v) is 16.1. The Morgan fingerprint density at radius 1 is 1.04 bits per heavy atom. The Labute approximate surface area is 163 Å². The molecule has 0 aliphatic rings. The number of nitrogens with zero attached hydrogens (tertiary/aromatic N) is 1. The summed E-state index contributed by atoms with van der Waals surface area (Å²) in [7, 11) is 0. The van der Waals surface area contributed by atoms with Gasteiger partial charge in [0.2, 0.25) is 0 Å². The molecule has 4 nitrogen and oxygen atoms in total. The minimum atomic E-state index is -0.420. The van der Waals surface area contributed by atoms with Crippen molar-refractivity contribution in [2.24, 2.45) is 0 Å². The van der Waals surface area contributed by atoms with Crippen molar-refractivity contribution in [2.45, 2.75) is 13.8 Å². The summed E-state index contributed by atoms with van der Waals surface area (Å²) in [5, 5.41) is 3.49. The van der Waals surface area contributed by atoms with Gasteiger partial charge in [0.15, 0.2) is 5.78 Å². The van der Waals surface area contributed by atoms with Gasteiger partial charge in [0.25, 0.3) is 5.91 Å². The van der Waals surface area contributed by atoms with E-state index in [1.807, 2.05) is 24.8 Å². The van der Waals surface area contributed by atoms with Crippen LogP contribution in [0, 0.1) is 0 Å². The molecule has 1 N–H and O–H groups in total. The predicted octanol–water partition coefficient (Wildman–Crippen LogP) is 4.79. The molecule has 6 heteroatoms. The van der Waals surface area contributed by atoms with Crippen molar-refractivity contribution in [1.29, 1.82) is 0 Å². The molecule has 1 amide bonds. The molecule has 26 heavy (non-hydrogen) atoms. The Morgan fingerprint density at radius 3 is 2.31 bits per heavy atom. The van der Waals surface area contributed by atoms with Crippen molar-refractivity contribution < 1.29 is 9.59 Å². The Balaban J connectivity index is 2.33. The average molecular weight is 391 g/mol. The van der Waals surface area contributed by atoms with Crippen LogP contribution in [0.2, 0.25) is 10.0 Å². The summed E-state index contributed by atoms with van der Waals surface area (Å²) in [5.41, 5.74) is 0.802. The van der Waals surface area contributed by atoms with E-state index in [1.54, 1.807) is 36.4 Å². The number of allylic oxidation sites excluding steroid dienone is 1. The number of amides is 1. The van der Waals surface area contributed by atoms with Crippen LogP contribution in [0.4, 0.5) is 0 Å². The van der Waals surface area contributed by atoms with Gasteiger partial charge < -0.3 is 10.2 Å². The first-order valence-electron chi connectivity index (χ1n) is 8.28. The molecule has 0 aliphatic carbocycles. The molecule has 2 aromatic carbocycles. The van der Waals surface area contributed by atoms with Gasteiger partial charge in [-0.25, -0.2) is 0 Å². The molecular weight excluding hydrogens is 371 g/mol. The van der Waals surface area contributed by atoms with E-state index in [0.717, 1.165) is 0 Å². The first-order chi connectivity index (χ1) is 12.5. The van der Waals surface area contributed by atoms with Crippen LogP contribution in [0.15, 0.2) is 60.4 Å². The van der Waals surface area contributed by atoms with Crippen molar-refractivity contribution in [1.82, 2.24) is 10.2 Å². The quantitative estimate of drug-likeness (QED) is 0.546. The van der Waals surface area contributed by atoms with E-state index < -0.39 is 5.91 Å². The van der Waals surface area contributed by atoms with Gasteiger partial charge in [0, 0.05) is 29.8 Å². The van der Waals surface area contributed by atoms with Crippen LogP contribution >= 0.6 is 23.2 Å². The standard InChI is InChI=1S/C20H20Cl2N2O2/c1-3-24(4-2)19(13-18(25)14-8-6-5-7-9-14)23-20(26)16-12-15(21)10-11-17(16)22/h5-13H,3-4H2,1-2H3,(H,23,26)/b19-13+. The Morgan fingerprint density at radius 2 is 1.69 bits per heavy atom. The normalized spacial score (nSPS) is 11.2. The maximum Gasteiger partial charge on any atom is 0.258 e. The maximum absolute atomic E-state index is 12.6. The number of carbonyl (C=O) groups is 2. The monoisotopic (exact) mass is 390 g/mol. The number of rotatable bonds is 7. The molecule has 0 spiro atoms. The van der Waals surface area contributed by atoms with Crippen molar-refractivity contribution in [3.8, 4) is 0 Å². The van der Waals surface area contributed by atoms with Crippen LogP contribution in [0.25, 0.3) is 0 Å². The van der Waals surface area contributed by atoms with E-state index in [0.29, 0.717) is 34.5 Å². The number of carbonyl (C=O) groups excluding carboxylic acids is 2. The largest absolute Gasteiger partial charge is 0.359 e. The van der Waals surface area contributed by atoms with E-state index >= 15 is 0 Å². The van der Waals surface area contributed by atoms with Gasteiger partial charge >= 0.3 is 0 Å². The Kier molecular flexibility index (Phi) is 7.25. The van der Waals surface area contributed by atoms with Gasteiger partial charge in [0.1, 0.15) is 5.82 Å². The number of ketones is 1. The van der Waals surface area contributed by atoms with Crippen molar-refractivity contribution >= 4 is 34.9 Å². The van der Waals surface area contributed by atoms with Crippen molar-refractivity contribution in [3.63, 3.8) is 0 Å². The van der Waals surface area contributed by atoms with E-state index in [-0.39, 0.29) is 11.3 Å². The van der Waals surface area contributed by atoms with Crippen molar-refractivity contribution in [2.75, 3.05) is 13.1 Å². The lowest BCUT2D eigenvalue weighted by molar-refractivity contribution is 0.0951. The zero-order valence-electron chi connectivity index (χ0n) is 14.6. The van der Waals surface area contributed by atoms with Crippen LogP contribution in [0.1, 0.15) is 34.6 Å². The van der Waals surface area contributed by atoms with Gasteiger partial charge in [-0.3, -0.25) is 9.59 Å². The third-order valence-electron chi connectivity index (χ3n) is 3.84. The third-order valence-corrected chi connectivity index (χ3v) is 4.41. The number of halogens is 2. The summed E-state index contributed by atoms with van der Waals surface area (Å²) in [6.45, 7) is 5.16. The number of nitrogens with one attached hydrogen (secondary N) is 1. The number of benzene rings is 2. The lowest BCUT2D eigenvalue weighted by Crippen LogP contribution is -2.36. The van der Waals surface area contributed by atoms with Crippen molar-refractivity contribution in [3.05, 3.63) is 81.6 Å².